The Kier molecular flexibility index (Phi) is 7.43. The van der Waals surface area contributed by atoms with Crippen molar-refractivity contribution in [3.8, 4) is 11.3 Å². The van der Waals surface area contributed by atoms with Crippen LogP contribution in [0, 0.1) is 18.7 Å². The first-order valence-corrected chi connectivity index (χ1v) is 8.85. The first-order chi connectivity index (χ1) is 12.1. The molecule has 2 N–H and O–H groups in total. The Morgan fingerprint density at radius 1 is 1.50 bits per heavy atom. The third-order valence-corrected chi connectivity index (χ3v) is 4.84. The van der Waals surface area contributed by atoms with Gasteiger partial charge >= 0.3 is 0 Å². The van der Waals surface area contributed by atoms with Crippen molar-refractivity contribution in [2.24, 2.45) is 5.92 Å². The summed E-state index contributed by atoms with van der Waals surface area (Å²) in [5.41, 5.74) is 0.453. The third kappa shape index (κ3) is 4.55. The number of amides is 1. The second-order valence-electron chi connectivity index (χ2n) is 6.32. The first kappa shape index (κ1) is 20.7. The van der Waals surface area contributed by atoms with Crippen LogP contribution in [-0.2, 0) is 0 Å². The highest BCUT2D eigenvalue weighted by atomic mass is 35.5. The maximum atomic E-state index is 14.2. The maximum Gasteiger partial charge on any atom is 0.257 e. The van der Waals surface area contributed by atoms with E-state index in [2.05, 4.69) is 15.8 Å². The lowest BCUT2D eigenvalue weighted by Crippen LogP contribution is -2.33. The summed E-state index contributed by atoms with van der Waals surface area (Å²) in [7, 11) is 0. The minimum Gasteiger partial charge on any atom is -0.360 e. The molecule has 1 fully saturated rings. The zero-order valence-corrected chi connectivity index (χ0v) is 16.1. The smallest absolute Gasteiger partial charge is 0.257 e. The molecular formula is C18H22Cl2FN3O2. The second-order valence-corrected chi connectivity index (χ2v) is 6.72. The van der Waals surface area contributed by atoms with Crippen molar-refractivity contribution in [2.45, 2.75) is 26.2 Å². The van der Waals surface area contributed by atoms with Crippen LogP contribution in [0.5, 0.6) is 0 Å². The van der Waals surface area contributed by atoms with Crippen molar-refractivity contribution >= 4 is 29.9 Å². The Morgan fingerprint density at radius 2 is 2.31 bits per heavy atom. The van der Waals surface area contributed by atoms with Crippen molar-refractivity contribution in [1.82, 2.24) is 15.8 Å². The van der Waals surface area contributed by atoms with E-state index in [9.17, 15) is 9.18 Å². The molecule has 3 rings (SSSR count). The highest BCUT2D eigenvalue weighted by Gasteiger charge is 2.25. The molecule has 1 unspecified atom stereocenters. The molecule has 5 nitrogen and oxygen atoms in total. The lowest BCUT2D eigenvalue weighted by Gasteiger charge is -2.22. The van der Waals surface area contributed by atoms with Gasteiger partial charge in [-0.2, -0.15) is 0 Å². The number of carbonyl (C=O) groups is 1. The minimum absolute atomic E-state index is 0. The predicted molar refractivity (Wildman–Crippen MR) is 101 cm³/mol. The van der Waals surface area contributed by atoms with Crippen LogP contribution in [0.1, 0.15) is 35.4 Å². The van der Waals surface area contributed by atoms with Gasteiger partial charge in [-0.1, -0.05) is 22.8 Å². The van der Waals surface area contributed by atoms with Gasteiger partial charge in [0.2, 0.25) is 0 Å². The number of aryl methyl sites for hydroxylation is 1. The summed E-state index contributed by atoms with van der Waals surface area (Å²) >= 11 is 6.10. The average molecular weight is 402 g/mol. The molecule has 2 aromatic rings. The van der Waals surface area contributed by atoms with Gasteiger partial charge in [-0.3, -0.25) is 4.79 Å². The highest BCUT2D eigenvalue weighted by Crippen LogP contribution is 2.33. The number of nitrogens with zero attached hydrogens (tertiary/aromatic N) is 1. The summed E-state index contributed by atoms with van der Waals surface area (Å²) in [6.45, 7) is 4.24. The standard InChI is InChI=1S/C18H21ClFN3O2.ClH/c1-11-15(18(24)22-9-7-12-4-3-8-21-10-12)17(23-25-11)16-13(19)5-2-6-14(16)20;/h2,5-6,12,21H,3-4,7-10H2,1H3,(H,22,24);1H. The van der Waals surface area contributed by atoms with E-state index in [0.717, 1.165) is 19.5 Å². The monoisotopic (exact) mass is 401 g/mol. The maximum absolute atomic E-state index is 14.2. The van der Waals surface area contributed by atoms with Gasteiger partial charge in [-0.15, -0.1) is 12.4 Å². The predicted octanol–water partition coefficient (Wildman–Crippen LogP) is 3.98. The van der Waals surface area contributed by atoms with E-state index in [1.54, 1.807) is 13.0 Å². The third-order valence-electron chi connectivity index (χ3n) is 4.53. The van der Waals surface area contributed by atoms with Gasteiger partial charge in [0.15, 0.2) is 0 Å². The molecule has 8 heteroatoms. The van der Waals surface area contributed by atoms with Gasteiger partial charge in [0, 0.05) is 6.54 Å². The molecule has 1 aromatic heterocycles. The van der Waals surface area contributed by atoms with Gasteiger partial charge < -0.3 is 15.2 Å². The quantitative estimate of drug-likeness (QED) is 0.794. The van der Waals surface area contributed by atoms with Crippen LogP contribution in [-0.4, -0.2) is 30.7 Å². The van der Waals surface area contributed by atoms with Crippen LogP contribution in [0.15, 0.2) is 22.7 Å². The Labute approximate surface area is 163 Å². The number of nitrogens with one attached hydrogen (secondary N) is 2. The van der Waals surface area contributed by atoms with Crippen molar-refractivity contribution in [2.75, 3.05) is 19.6 Å². The minimum atomic E-state index is -0.539. The van der Waals surface area contributed by atoms with E-state index in [1.807, 2.05) is 0 Å². The van der Waals surface area contributed by atoms with Crippen molar-refractivity contribution in [3.05, 3.63) is 40.4 Å². The van der Waals surface area contributed by atoms with E-state index in [-0.39, 0.29) is 40.2 Å². The molecule has 0 aliphatic carbocycles. The highest BCUT2D eigenvalue weighted by molar-refractivity contribution is 6.33. The van der Waals surface area contributed by atoms with Crippen LogP contribution in [0.25, 0.3) is 11.3 Å². The van der Waals surface area contributed by atoms with Gasteiger partial charge in [0.05, 0.1) is 10.6 Å². The Balaban J connectivity index is 0.00000243. The van der Waals surface area contributed by atoms with Crippen LogP contribution in [0.2, 0.25) is 5.02 Å². The summed E-state index contributed by atoms with van der Waals surface area (Å²) < 4.78 is 19.3. The van der Waals surface area contributed by atoms with Gasteiger partial charge in [-0.25, -0.2) is 4.39 Å². The summed E-state index contributed by atoms with van der Waals surface area (Å²) in [6.07, 6.45) is 3.24. The summed E-state index contributed by atoms with van der Waals surface area (Å²) in [5, 5.41) is 10.3. The molecule has 1 aliphatic rings. The van der Waals surface area contributed by atoms with Crippen LogP contribution >= 0.6 is 24.0 Å². The van der Waals surface area contributed by atoms with Crippen molar-refractivity contribution in [3.63, 3.8) is 0 Å². The zero-order valence-electron chi connectivity index (χ0n) is 14.5. The van der Waals surface area contributed by atoms with E-state index in [0.29, 0.717) is 18.2 Å². The topological polar surface area (TPSA) is 67.2 Å². The number of halogens is 3. The molecule has 1 atom stereocenters. The summed E-state index contributed by atoms with van der Waals surface area (Å²) in [5.74, 6) is 0.0456. The molecule has 1 aliphatic heterocycles. The number of aromatic nitrogens is 1. The molecule has 2 heterocycles. The number of carbonyl (C=O) groups excluding carboxylic acids is 1. The molecule has 0 radical (unpaired) electrons. The average Bonchev–Trinajstić information content (AvgIpc) is 2.97. The molecule has 1 saturated heterocycles. The van der Waals surface area contributed by atoms with E-state index in [4.69, 9.17) is 16.1 Å². The van der Waals surface area contributed by atoms with Gasteiger partial charge in [-0.05, 0) is 57.3 Å². The molecule has 0 saturated carbocycles. The molecule has 0 spiro atoms. The fraction of sp³-hybridized carbons (Fsp3) is 0.444. The first-order valence-electron chi connectivity index (χ1n) is 8.47. The molecule has 1 aromatic carbocycles. The molecule has 1 amide bonds. The lowest BCUT2D eigenvalue weighted by atomic mass is 9.96. The fourth-order valence-corrected chi connectivity index (χ4v) is 3.44. The summed E-state index contributed by atoms with van der Waals surface area (Å²) in [4.78, 5) is 12.6. The van der Waals surface area contributed by atoms with E-state index >= 15 is 0 Å². The normalized spacial score (nSPS) is 16.8. The fourth-order valence-electron chi connectivity index (χ4n) is 3.18. The van der Waals surface area contributed by atoms with Crippen molar-refractivity contribution < 1.29 is 13.7 Å². The Hall–Kier alpha value is -1.63. The lowest BCUT2D eigenvalue weighted by molar-refractivity contribution is 0.0949. The SMILES string of the molecule is Cc1onc(-c2c(F)cccc2Cl)c1C(=O)NCCC1CCCNC1.Cl. The molecular weight excluding hydrogens is 380 g/mol. The van der Waals surface area contributed by atoms with Gasteiger partial charge in [0.25, 0.3) is 5.91 Å². The van der Waals surface area contributed by atoms with Crippen LogP contribution < -0.4 is 10.6 Å². The largest absolute Gasteiger partial charge is 0.360 e. The van der Waals surface area contributed by atoms with Crippen LogP contribution in [0.4, 0.5) is 4.39 Å². The van der Waals surface area contributed by atoms with E-state index in [1.165, 1.54) is 25.0 Å². The molecule has 26 heavy (non-hydrogen) atoms. The summed E-state index contributed by atoms with van der Waals surface area (Å²) in [6, 6.07) is 4.34. The number of benzene rings is 1. The zero-order chi connectivity index (χ0) is 17.8. The Morgan fingerprint density at radius 3 is 3.00 bits per heavy atom. The van der Waals surface area contributed by atoms with E-state index < -0.39 is 5.82 Å². The number of piperidine rings is 1. The van der Waals surface area contributed by atoms with Crippen molar-refractivity contribution in [1.29, 1.82) is 0 Å². The van der Waals surface area contributed by atoms with Gasteiger partial charge in [0.1, 0.15) is 22.8 Å². The number of hydrogen-bond acceptors (Lipinski definition) is 4. The van der Waals surface area contributed by atoms with Crippen LogP contribution in [0.3, 0.4) is 0 Å². The number of hydrogen-bond donors (Lipinski definition) is 2. The second kappa shape index (κ2) is 9.35. The number of rotatable bonds is 5. The Bertz CT molecular complexity index is 741. The molecule has 0 bridgehead atoms. The molecule has 142 valence electrons.